The molecule has 0 saturated carbocycles. The Morgan fingerprint density at radius 1 is 1.11 bits per heavy atom. The van der Waals surface area contributed by atoms with Crippen LogP contribution >= 0.6 is 0 Å². The van der Waals surface area contributed by atoms with E-state index >= 15 is 0 Å². The number of rotatable bonds is 3. The molecule has 1 fully saturated rings. The molecule has 19 heavy (non-hydrogen) atoms. The standard InChI is InChI=1S/C17H27NO/c1-13-9-8-10-15(14(13)2)16(19)17(3,4)18-11-6-5-7-12-18/h8-10,16,19H,5-7,11-12H2,1-4H3. The van der Waals surface area contributed by atoms with Crippen molar-refractivity contribution in [1.82, 2.24) is 4.90 Å². The van der Waals surface area contributed by atoms with Crippen LogP contribution in [0.3, 0.4) is 0 Å². The predicted octanol–water partition coefficient (Wildman–Crippen LogP) is 3.60. The van der Waals surface area contributed by atoms with Crippen molar-refractivity contribution in [2.45, 2.75) is 58.6 Å². The van der Waals surface area contributed by atoms with E-state index in [0.29, 0.717) is 0 Å². The Morgan fingerprint density at radius 2 is 1.74 bits per heavy atom. The van der Waals surface area contributed by atoms with Gasteiger partial charge in [-0.05, 0) is 70.3 Å². The molecule has 0 aromatic heterocycles. The highest BCUT2D eigenvalue weighted by Crippen LogP contribution is 2.34. The van der Waals surface area contributed by atoms with Crippen molar-refractivity contribution in [3.63, 3.8) is 0 Å². The zero-order valence-electron chi connectivity index (χ0n) is 12.7. The molecule has 1 unspecified atom stereocenters. The Hall–Kier alpha value is -0.860. The van der Waals surface area contributed by atoms with Crippen LogP contribution in [0.5, 0.6) is 0 Å². The fraction of sp³-hybridized carbons (Fsp3) is 0.647. The molecule has 0 amide bonds. The van der Waals surface area contributed by atoms with Gasteiger partial charge in [-0.1, -0.05) is 24.6 Å². The summed E-state index contributed by atoms with van der Waals surface area (Å²) < 4.78 is 0. The van der Waals surface area contributed by atoms with Crippen molar-refractivity contribution < 1.29 is 5.11 Å². The van der Waals surface area contributed by atoms with E-state index in [9.17, 15) is 5.11 Å². The van der Waals surface area contributed by atoms with E-state index < -0.39 is 6.10 Å². The molecule has 0 bridgehead atoms. The number of hydrogen-bond acceptors (Lipinski definition) is 2. The first kappa shape index (κ1) is 14.5. The van der Waals surface area contributed by atoms with Crippen LogP contribution in [0.15, 0.2) is 18.2 Å². The van der Waals surface area contributed by atoms with Crippen molar-refractivity contribution in [3.8, 4) is 0 Å². The quantitative estimate of drug-likeness (QED) is 0.898. The van der Waals surface area contributed by atoms with E-state index in [4.69, 9.17) is 0 Å². The van der Waals surface area contributed by atoms with Crippen LogP contribution in [0.1, 0.15) is 55.9 Å². The van der Waals surface area contributed by atoms with Crippen LogP contribution in [0, 0.1) is 13.8 Å². The van der Waals surface area contributed by atoms with E-state index in [0.717, 1.165) is 18.7 Å². The number of hydrogen-bond donors (Lipinski definition) is 1. The lowest BCUT2D eigenvalue weighted by atomic mass is 9.85. The molecule has 2 heteroatoms. The summed E-state index contributed by atoms with van der Waals surface area (Å²) in [5.41, 5.74) is 3.36. The van der Waals surface area contributed by atoms with Crippen LogP contribution in [0.25, 0.3) is 0 Å². The van der Waals surface area contributed by atoms with E-state index in [-0.39, 0.29) is 5.54 Å². The van der Waals surface area contributed by atoms with Gasteiger partial charge in [0.15, 0.2) is 0 Å². The minimum absolute atomic E-state index is 0.195. The molecule has 2 rings (SSSR count). The number of likely N-dealkylation sites (tertiary alicyclic amines) is 1. The van der Waals surface area contributed by atoms with E-state index in [1.807, 2.05) is 6.07 Å². The van der Waals surface area contributed by atoms with Gasteiger partial charge >= 0.3 is 0 Å². The van der Waals surface area contributed by atoms with Crippen molar-refractivity contribution in [3.05, 3.63) is 34.9 Å². The smallest absolute Gasteiger partial charge is 0.0970 e. The van der Waals surface area contributed by atoms with Crippen LogP contribution in [0.4, 0.5) is 0 Å². The van der Waals surface area contributed by atoms with Crippen molar-refractivity contribution in [2.75, 3.05) is 13.1 Å². The molecule has 1 saturated heterocycles. The van der Waals surface area contributed by atoms with Crippen LogP contribution < -0.4 is 0 Å². The Bertz CT molecular complexity index is 433. The average Bonchev–Trinajstić information content (AvgIpc) is 2.42. The van der Waals surface area contributed by atoms with Gasteiger partial charge in [0.25, 0.3) is 0 Å². The van der Waals surface area contributed by atoms with Crippen LogP contribution in [-0.2, 0) is 0 Å². The third kappa shape index (κ3) is 2.85. The molecule has 1 heterocycles. The molecule has 106 valence electrons. The Balaban J connectivity index is 2.26. The van der Waals surface area contributed by atoms with Gasteiger partial charge in [-0.2, -0.15) is 0 Å². The maximum absolute atomic E-state index is 10.9. The van der Waals surface area contributed by atoms with Crippen molar-refractivity contribution >= 4 is 0 Å². The fourth-order valence-electron chi connectivity index (χ4n) is 3.09. The summed E-state index contributed by atoms with van der Waals surface area (Å²) in [7, 11) is 0. The minimum Gasteiger partial charge on any atom is -0.386 e. The molecule has 0 aliphatic carbocycles. The molecule has 1 aliphatic rings. The summed E-state index contributed by atoms with van der Waals surface area (Å²) in [4.78, 5) is 2.45. The van der Waals surface area contributed by atoms with Crippen LogP contribution in [-0.4, -0.2) is 28.6 Å². The summed E-state index contributed by atoms with van der Waals surface area (Å²) in [6.07, 6.45) is 3.41. The number of aryl methyl sites for hydroxylation is 1. The summed E-state index contributed by atoms with van der Waals surface area (Å²) >= 11 is 0. The molecule has 0 radical (unpaired) electrons. The second kappa shape index (κ2) is 5.64. The summed E-state index contributed by atoms with van der Waals surface area (Å²) in [6, 6.07) is 6.23. The summed E-state index contributed by atoms with van der Waals surface area (Å²) in [6.45, 7) is 10.8. The lowest BCUT2D eigenvalue weighted by molar-refractivity contribution is -0.0212. The Morgan fingerprint density at radius 3 is 2.37 bits per heavy atom. The number of benzene rings is 1. The van der Waals surface area contributed by atoms with Gasteiger partial charge < -0.3 is 5.11 Å². The molecule has 1 aliphatic heterocycles. The molecular weight excluding hydrogens is 234 g/mol. The number of aliphatic hydroxyl groups is 1. The minimum atomic E-state index is -0.425. The van der Waals surface area contributed by atoms with Gasteiger partial charge in [0.05, 0.1) is 6.10 Å². The topological polar surface area (TPSA) is 23.5 Å². The zero-order chi connectivity index (χ0) is 14.0. The van der Waals surface area contributed by atoms with Gasteiger partial charge in [0.1, 0.15) is 0 Å². The van der Waals surface area contributed by atoms with Gasteiger partial charge in [-0.15, -0.1) is 0 Å². The molecule has 1 N–H and O–H groups in total. The lowest BCUT2D eigenvalue weighted by Gasteiger charge is -2.44. The normalized spacial score (nSPS) is 19.4. The summed E-state index contributed by atoms with van der Waals surface area (Å²) in [5, 5.41) is 10.9. The fourth-order valence-corrected chi connectivity index (χ4v) is 3.09. The molecule has 1 aromatic carbocycles. The van der Waals surface area contributed by atoms with E-state index in [1.165, 1.54) is 30.4 Å². The maximum Gasteiger partial charge on any atom is 0.0970 e. The molecule has 1 aromatic rings. The predicted molar refractivity (Wildman–Crippen MR) is 80.4 cm³/mol. The van der Waals surface area contributed by atoms with E-state index in [1.54, 1.807) is 0 Å². The Kier molecular flexibility index (Phi) is 4.32. The second-order valence-electron chi connectivity index (χ2n) is 6.39. The highest BCUT2D eigenvalue weighted by atomic mass is 16.3. The molecule has 1 atom stereocenters. The lowest BCUT2D eigenvalue weighted by Crippen LogP contribution is -2.50. The molecule has 2 nitrogen and oxygen atoms in total. The van der Waals surface area contributed by atoms with E-state index in [2.05, 4.69) is 44.7 Å². The monoisotopic (exact) mass is 261 g/mol. The average molecular weight is 261 g/mol. The Labute approximate surface area is 117 Å². The maximum atomic E-state index is 10.9. The number of piperidine rings is 1. The largest absolute Gasteiger partial charge is 0.386 e. The summed E-state index contributed by atoms with van der Waals surface area (Å²) in [5.74, 6) is 0. The third-order valence-electron chi connectivity index (χ3n) is 4.78. The molecule has 0 spiro atoms. The van der Waals surface area contributed by atoms with Gasteiger partial charge in [-0.3, -0.25) is 4.90 Å². The van der Waals surface area contributed by atoms with Gasteiger partial charge in [0.2, 0.25) is 0 Å². The van der Waals surface area contributed by atoms with Crippen molar-refractivity contribution in [1.29, 1.82) is 0 Å². The second-order valence-corrected chi connectivity index (χ2v) is 6.39. The zero-order valence-corrected chi connectivity index (χ0v) is 12.7. The number of nitrogens with zero attached hydrogens (tertiary/aromatic N) is 1. The van der Waals surface area contributed by atoms with Crippen LogP contribution in [0.2, 0.25) is 0 Å². The van der Waals surface area contributed by atoms with Gasteiger partial charge in [-0.25, -0.2) is 0 Å². The first-order valence-electron chi connectivity index (χ1n) is 7.44. The highest BCUT2D eigenvalue weighted by Gasteiger charge is 2.36. The highest BCUT2D eigenvalue weighted by molar-refractivity contribution is 5.36. The van der Waals surface area contributed by atoms with Crippen molar-refractivity contribution in [2.24, 2.45) is 0 Å². The molecular formula is C17H27NO. The SMILES string of the molecule is Cc1cccc(C(O)C(C)(C)N2CCCCC2)c1C. The first-order valence-corrected chi connectivity index (χ1v) is 7.44. The third-order valence-corrected chi connectivity index (χ3v) is 4.78. The number of aliphatic hydroxyl groups excluding tert-OH is 1. The van der Waals surface area contributed by atoms with Gasteiger partial charge in [0, 0.05) is 5.54 Å². The first-order chi connectivity index (χ1) is 8.94.